The van der Waals surface area contributed by atoms with Crippen molar-refractivity contribution in [1.29, 1.82) is 0 Å². The van der Waals surface area contributed by atoms with Gasteiger partial charge in [0.2, 0.25) is 5.91 Å². The van der Waals surface area contributed by atoms with Crippen LogP contribution in [0, 0.1) is 17.3 Å². The smallest absolute Gasteiger partial charge is 0.220 e. The average Bonchev–Trinajstić information content (AvgIpc) is 2.12. The molecule has 1 saturated carbocycles. The molecule has 1 amide bonds. The summed E-state index contributed by atoms with van der Waals surface area (Å²) in [5, 5.41) is 3.11. The fourth-order valence-corrected chi connectivity index (χ4v) is 4.17. The predicted molar refractivity (Wildman–Crippen MR) is 80.9 cm³/mol. The molecule has 0 unspecified atom stereocenters. The lowest BCUT2D eigenvalue weighted by atomic mass is 9.67. The second kappa shape index (κ2) is 6.83. The third-order valence-corrected chi connectivity index (χ3v) is 4.61. The highest BCUT2D eigenvalue weighted by Gasteiger charge is 2.32. The molecule has 1 N–H and O–H groups in total. The quantitative estimate of drug-likeness (QED) is 0.826. The van der Waals surface area contributed by atoms with Gasteiger partial charge >= 0.3 is 0 Å². The third-order valence-electron chi connectivity index (χ3n) is 3.78. The van der Waals surface area contributed by atoms with Gasteiger partial charge in [0.25, 0.3) is 0 Å². The van der Waals surface area contributed by atoms with Crippen LogP contribution in [0.1, 0.15) is 53.4 Å². The third kappa shape index (κ3) is 5.64. The Morgan fingerprint density at radius 2 is 2.11 bits per heavy atom. The van der Waals surface area contributed by atoms with Gasteiger partial charge < -0.3 is 5.32 Å². The van der Waals surface area contributed by atoms with Crippen LogP contribution in [0.25, 0.3) is 0 Å². The van der Waals surface area contributed by atoms with Crippen molar-refractivity contribution in [3.05, 3.63) is 0 Å². The van der Waals surface area contributed by atoms with E-state index in [1.807, 2.05) is 0 Å². The maximum Gasteiger partial charge on any atom is 0.220 e. The predicted octanol–water partition coefficient (Wildman–Crippen LogP) is 3.71. The Morgan fingerprint density at radius 3 is 2.67 bits per heavy atom. The summed E-state index contributed by atoms with van der Waals surface area (Å²) in [5.74, 6) is 2.57. The number of amides is 1. The first-order chi connectivity index (χ1) is 8.32. The molecular formula is C15H29NOS. The maximum atomic E-state index is 12.0. The number of rotatable bonds is 5. The van der Waals surface area contributed by atoms with E-state index in [1.54, 1.807) is 11.8 Å². The summed E-state index contributed by atoms with van der Waals surface area (Å²) in [6, 6.07) is 0.293. The molecule has 0 aromatic carbocycles. The van der Waals surface area contributed by atoms with Crippen molar-refractivity contribution in [1.82, 2.24) is 5.32 Å². The van der Waals surface area contributed by atoms with Crippen LogP contribution in [0.4, 0.5) is 0 Å². The maximum absolute atomic E-state index is 12.0. The molecule has 1 fully saturated rings. The molecule has 0 spiro atoms. The van der Waals surface area contributed by atoms with E-state index in [0.717, 1.165) is 11.7 Å². The van der Waals surface area contributed by atoms with Crippen LogP contribution in [0.15, 0.2) is 0 Å². The Hall–Kier alpha value is -0.180. The van der Waals surface area contributed by atoms with Gasteiger partial charge in [0.1, 0.15) is 0 Å². The number of nitrogens with one attached hydrogen (secondary N) is 1. The molecule has 18 heavy (non-hydrogen) atoms. The zero-order valence-corrected chi connectivity index (χ0v) is 13.4. The monoisotopic (exact) mass is 271 g/mol. The fraction of sp³-hybridized carbons (Fsp3) is 0.933. The summed E-state index contributed by atoms with van der Waals surface area (Å²) >= 11 is 1.78. The van der Waals surface area contributed by atoms with Gasteiger partial charge in [-0.05, 0) is 49.7 Å². The van der Waals surface area contributed by atoms with E-state index in [4.69, 9.17) is 0 Å². The largest absolute Gasteiger partial charge is 0.353 e. The number of hydrogen-bond acceptors (Lipinski definition) is 2. The normalized spacial score (nSPS) is 28.7. The summed E-state index contributed by atoms with van der Waals surface area (Å²) in [4.78, 5) is 12.0. The van der Waals surface area contributed by atoms with Crippen molar-refractivity contribution in [3.63, 3.8) is 0 Å². The molecule has 1 rings (SSSR count). The molecule has 106 valence electrons. The van der Waals surface area contributed by atoms with E-state index in [1.165, 1.54) is 19.3 Å². The van der Waals surface area contributed by atoms with Gasteiger partial charge in [0, 0.05) is 18.2 Å². The number of carbonyl (C=O) groups is 1. The number of thioether (sulfide) groups is 1. The van der Waals surface area contributed by atoms with E-state index in [2.05, 4.69) is 39.3 Å². The molecule has 2 nitrogen and oxygen atoms in total. The summed E-state index contributed by atoms with van der Waals surface area (Å²) < 4.78 is 0. The molecule has 0 aromatic heterocycles. The summed E-state index contributed by atoms with van der Waals surface area (Å²) in [6.45, 7) is 9.08. The van der Waals surface area contributed by atoms with E-state index in [0.29, 0.717) is 23.8 Å². The van der Waals surface area contributed by atoms with Gasteiger partial charge in [0.15, 0.2) is 0 Å². The Bertz CT molecular complexity index is 278. The lowest BCUT2D eigenvalue weighted by molar-refractivity contribution is -0.123. The van der Waals surface area contributed by atoms with E-state index in [9.17, 15) is 4.79 Å². The van der Waals surface area contributed by atoms with Crippen LogP contribution in [-0.2, 0) is 4.79 Å². The van der Waals surface area contributed by atoms with Gasteiger partial charge in [-0.15, -0.1) is 0 Å². The van der Waals surface area contributed by atoms with Crippen LogP contribution in [0.3, 0.4) is 0 Å². The molecule has 3 atom stereocenters. The Kier molecular flexibility index (Phi) is 6.03. The summed E-state index contributed by atoms with van der Waals surface area (Å²) in [5.41, 5.74) is 0.410. The highest BCUT2D eigenvalue weighted by molar-refractivity contribution is 7.98. The van der Waals surface area contributed by atoms with Gasteiger partial charge in [-0.2, -0.15) is 11.8 Å². The van der Waals surface area contributed by atoms with Gasteiger partial charge in [-0.1, -0.05) is 20.8 Å². The average molecular weight is 271 g/mol. The minimum Gasteiger partial charge on any atom is -0.353 e. The second-order valence-electron chi connectivity index (χ2n) is 6.91. The van der Waals surface area contributed by atoms with Crippen molar-refractivity contribution in [2.45, 2.75) is 59.4 Å². The minimum atomic E-state index is 0.242. The van der Waals surface area contributed by atoms with Gasteiger partial charge in [0.05, 0.1) is 0 Å². The van der Waals surface area contributed by atoms with Gasteiger partial charge in [-0.25, -0.2) is 0 Å². The van der Waals surface area contributed by atoms with E-state index in [-0.39, 0.29) is 5.91 Å². The first kappa shape index (κ1) is 15.9. The lowest BCUT2D eigenvalue weighted by Gasteiger charge is -2.38. The van der Waals surface area contributed by atoms with Crippen molar-refractivity contribution >= 4 is 17.7 Å². The second-order valence-corrected chi connectivity index (χ2v) is 7.82. The number of carbonyl (C=O) groups excluding carboxylic acids is 1. The molecule has 0 radical (unpaired) electrons. The molecule has 0 aromatic rings. The zero-order valence-electron chi connectivity index (χ0n) is 12.6. The minimum absolute atomic E-state index is 0.242. The molecular weight excluding hydrogens is 242 g/mol. The summed E-state index contributed by atoms with van der Waals surface area (Å²) in [6.07, 6.45) is 6.50. The molecule has 0 bridgehead atoms. The van der Waals surface area contributed by atoms with Crippen LogP contribution in [0.2, 0.25) is 0 Å². The molecule has 3 heteroatoms. The van der Waals surface area contributed by atoms with E-state index < -0.39 is 0 Å². The van der Waals surface area contributed by atoms with Crippen molar-refractivity contribution in [2.75, 3.05) is 12.0 Å². The van der Waals surface area contributed by atoms with Gasteiger partial charge in [-0.3, -0.25) is 4.79 Å². The highest BCUT2D eigenvalue weighted by atomic mass is 32.2. The highest BCUT2D eigenvalue weighted by Crippen LogP contribution is 2.42. The molecule has 1 aliphatic rings. The SMILES string of the molecule is CSC[C@H](C)NC(=O)C[C@@H]1C[C@@H](C)CC(C)(C)C1. The topological polar surface area (TPSA) is 29.1 Å². The molecule has 1 aliphatic carbocycles. The first-order valence-corrected chi connectivity index (χ1v) is 8.50. The van der Waals surface area contributed by atoms with Crippen molar-refractivity contribution in [2.24, 2.45) is 17.3 Å². The Morgan fingerprint density at radius 1 is 1.44 bits per heavy atom. The molecule has 0 heterocycles. The van der Waals surface area contributed by atoms with Crippen LogP contribution in [-0.4, -0.2) is 24.0 Å². The zero-order chi connectivity index (χ0) is 13.8. The van der Waals surface area contributed by atoms with Crippen molar-refractivity contribution in [3.8, 4) is 0 Å². The standard InChI is InChI=1S/C15H29NOS/c1-11-6-13(9-15(3,4)8-11)7-14(17)16-12(2)10-18-5/h11-13H,6-10H2,1-5H3,(H,16,17)/t11-,12+,13+/m1/s1. The van der Waals surface area contributed by atoms with Crippen LogP contribution < -0.4 is 5.32 Å². The first-order valence-electron chi connectivity index (χ1n) is 7.10. The number of hydrogen-bond donors (Lipinski definition) is 1. The molecule has 0 saturated heterocycles. The Labute approximate surface area is 117 Å². The van der Waals surface area contributed by atoms with E-state index >= 15 is 0 Å². The van der Waals surface area contributed by atoms with Crippen molar-refractivity contribution < 1.29 is 4.79 Å². The van der Waals surface area contributed by atoms with Crippen LogP contribution >= 0.6 is 11.8 Å². The Balaban J connectivity index is 2.39. The lowest BCUT2D eigenvalue weighted by Crippen LogP contribution is -2.37. The summed E-state index contributed by atoms with van der Waals surface area (Å²) in [7, 11) is 0. The fourth-order valence-electron chi connectivity index (χ4n) is 3.59. The van der Waals surface area contributed by atoms with Crippen LogP contribution in [0.5, 0.6) is 0 Å². The molecule has 0 aliphatic heterocycles.